The molecule has 2 amide bonds. The van der Waals surface area contributed by atoms with Crippen molar-refractivity contribution in [3.63, 3.8) is 0 Å². The second kappa shape index (κ2) is 11.3. The number of para-hydroxylation sites is 1. The number of benzene rings is 2. The van der Waals surface area contributed by atoms with E-state index in [1.807, 2.05) is 75.3 Å². The van der Waals surface area contributed by atoms with Crippen LogP contribution >= 0.6 is 24.2 Å². The largest absolute Gasteiger partial charge is 0.326 e. The van der Waals surface area contributed by atoms with E-state index < -0.39 is 5.25 Å². The van der Waals surface area contributed by atoms with Crippen LogP contribution in [-0.4, -0.2) is 59.2 Å². The Balaban J connectivity index is 0.00000341. The van der Waals surface area contributed by atoms with Crippen LogP contribution in [-0.2, 0) is 9.59 Å². The number of anilines is 1. The fraction of sp³-hybridized carbons (Fsp3) is 0.348. The molecule has 1 atom stereocenters. The van der Waals surface area contributed by atoms with E-state index in [-0.39, 0.29) is 30.6 Å². The molecular formula is C23H29ClN4O2S. The maximum atomic E-state index is 13.1. The summed E-state index contributed by atoms with van der Waals surface area (Å²) >= 11 is 1.37. The molecule has 166 valence electrons. The van der Waals surface area contributed by atoms with Crippen molar-refractivity contribution in [2.75, 3.05) is 32.5 Å². The number of halogens is 1. The lowest BCUT2D eigenvalue weighted by Gasteiger charge is -2.19. The van der Waals surface area contributed by atoms with Crippen LogP contribution in [0.15, 0.2) is 53.5 Å². The summed E-state index contributed by atoms with van der Waals surface area (Å²) in [4.78, 5) is 34.1. The lowest BCUT2D eigenvalue weighted by atomic mass is 10.1. The van der Waals surface area contributed by atoms with Crippen molar-refractivity contribution in [1.29, 1.82) is 0 Å². The van der Waals surface area contributed by atoms with Gasteiger partial charge in [0.15, 0.2) is 5.17 Å². The molecule has 31 heavy (non-hydrogen) atoms. The first kappa shape index (κ1) is 24.9. The van der Waals surface area contributed by atoms with Gasteiger partial charge in [-0.25, -0.2) is 4.99 Å². The Morgan fingerprint density at radius 2 is 1.77 bits per heavy atom. The highest BCUT2D eigenvalue weighted by Gasteiger charge is 2.39. The van der Waals surface area contributed by atoms with Crippen LogP contribution in [0.5, 0.6) is 0 Å². The highest BCUT2D eigenvalue weighted by molar-refractivity contribution is 8.15. The lowest BCUT2D eigenvalue weighted by molar-refractivity contribution is -0.128. The van der Waals surface area contributed by atoms with Crippen molar-refractivity contribution >= 4 is 52.5 Å². The first-order valence-corrected chi connectivity index (χ1v) is 10.8. The number of carbonyl (C=O) groups excluding carboxylic acids is 2. The van der Waals surface area contributed by atoms with Crippen molar-refractivity contribution in [3.8, 4) is 0 Å². The number of hydrogen-bond acceptors (Lipinski definition) is 5. The van der Waals surface area contributed by atoms with Crippen molar-refractivity contribution in [2.45, 2.75) is 25.5 Å². The molecule has 2 aromatic rings. The molecule has 1 heterocycles. The molecule has 3 rings (SSSR count). The number of aryl methyl sites for hydroxylation is 2. The van der Waals surface area contributed by atoms with Crippen LogP contribution < -0.4 is 5.32 Å². The third-order valence-corrected chi connectivity index (χ3v) is 5.83. The van der Waals surface area contributed by atoms with E-state index >= 15 is 0 Å². The molecule has 2 aromatic carbocycles. The van der Waals surface area contributed by atoms with Gasteiger partial charge in [-0.1, -0.05) is 36.0 Å². The summed E-state index contributed by atoms with van der Waals surface area (Å²) in [7, 11) is 3.94. The van der Waals surface area contributed by atoms with E-state index in [1.54, 1.807) is 4.90 Å². The minimum Gasteiger partial charge on any atom is -0.326 e. The molecule has 6 nitrogen and oxygen atoms in total. The number of nitrogens with one attached hydrogen (secondary N) is 1. The van der Waals surface area contributed by atoms with Gasteiger partial charge < -0.3 is 10.2 Å². The van der Waals surface area contributed by atoms with Crippen LogP contribution in [0.2, 0.25) is 0 Å². The van der Waals surface area contributed by atoms with Crippen molar-refractivity contribution < 1.29 is 9.59 Å². The van der Waals surface area contributed by atoms with Crippen LogP contribution in [0, 0.1) is 13.8 Å². The van der Waals surface area contributed by atoms with Crippen LogP contribution in [0.25, 0.3) is 0 Å². The van der Waals surface area contributed by atoms with Crippen LogP contribution in [0.1, 0.15) is 17.5 Å². The van der Waals surface area contributed by atoms with E-state index in [1.165, 1.54) is 11.8 Å². The third-order valence-electron chi connectivity index (χ3n) is 4.65. The quantitative estimate of drug-likeness (QED) is 0.670. The number of hydrogen-bond donors (Lipinski definition) is 1. The molecule has 0 saturated carbocycles. The molecule has 1 aliphatic heterocycles. The zero-order chi connectivity index (χ0) is 21.7. The standard InChI is InChI=1S/C23H28N4O2S.ClH/c1-16-12-17(2)14-19(13-16)25-23-27(11-10-26(3)4)22(29)20(30-23)15-21(28)24-18-8-6-5-7-9-18;/h5-9,12-14,20H,10-11,15H2,1-4H3,(H,24,28);1H. The smallest absolute Gasteiger partial charge is 0.242 e. The van der Waals surface area contributed by atoms with E-state index in [4.69, 9.17) is 4.99 Å². The van der Waals surface area contributed by atoms with Gasteiger partial charge in [-0.05, 0) is 63.3 Å². The van der Waals surface area contributed by atoms with Gasteiger partial charge in [-0.15, -0.1) is 12.4 Å². The maximum Gasteiger partial charge on any atom is 0.242 e. The Kier molecular flexibility index (Phi) is 9.10. The van der Waals surface area contributed by atoms with Crippen molar-refractivity contribution in [3.05, 3.63) is 59.7 Å². The molecule has 1 fully saturated rings. The number of likely N-dealkylation sites (N-methyl/N-ethyl adjacent to an activating group) is 1. The average molecular weight is 461 g/mol. The minimum absolute atomic E-state index is 0. The number of rotatable bonds is 7. The van der Waals surface area contributed by atoms with Gasteiger partial charge in [0, 0.05) is 25.2 Å². The van der Waals surface area contributed by atoms with Gasteiger partial charge >= 0.3 is 0 Å². The summed E-state index contributed by atoms with van der Waals surface area (Å²) in [5, 5.41) is 3.05. The summed E-state index contributed by atoms with van der Waals surface area (Å²) in [5.74, 6) is -0.236. The Morgan fingerprint density at radius 1 is 1.13 bits per heavy atom. The number of thioether (sulfide) groups is 1. The highest BCUT2D eigenvalue weighted by Crippen LogP contribution is 2.32. The SMILES string of the molecule is Cc1cc(C)cc(N=C2SC(CC(=O)Nc3ccccc3)C(=O)N2CCN(C)C)c1.Cl. The second-order valence-electron chi connectivity index (χ2n) is 7.76. The predicted octanol–water partition coefficient (Wildman–Crippen LogP) is 4.25. The van der Waals surface area contributed by atoms with Crippen molar-refractivity contribution in [1.82, 2.24) is 9.80 Å². The monoisotopic (exact) mass is 460 g/mol. The zero-order valence-electron chi connectivity index (χ0n) is 18.3. The summed E-state index contributed by atoms with van der Waals surface area (Å²) in [5.41, 5.74) is 3.81. The first-order valence-electron chi connectivity index (χ1n) is 9.96. The Hall–Kier alpha value is -2.35. The van der Waals surface area contributed by atoms with Gasteiger partial charge in [0.05, 0.1) is 5.69 Å². The molecule has 1 saturated heterocycles. The van der Waals surface area contributed by atoms with Gasteiger partial charge in [0.1, 0.15) is 5.25 Å². The maximum absolute atomic E-state index is 13.1. The molecule has 0 bridgehead atoms. The number of amides is 2. The molecule has 0 aromatic heterocycles. The molecule has 1 unspecified atom stereocenters. The van der Waals surface area contributed by atoms with E-state index in [0.717, 1.165) is 29.0 Å². The molecule has 1 aliphatic rings. The molecule has 1 N–H and O–H groups in total. The summed E-state index contributed by atoms with van der Waals surface area (Å²) in [6, 6.07) is 15.4. The normalized spacial score (nSPS) is 17.2. The first-order chi connectivity index (χ1) is 14.3. The third kappa shape index (κ3) is 7.09. The predicted molar refractivity (Wildman–Crippen MR) is 132 cm³/mol. The van der Waals surface area contributed by atoms with Gasteiger partial charge in [0.2, 0.25) is 11.8 Å². The van der Waals surface area contributed by atoms with Crippen LogP contribution in [0.3, 0.4) is 0 Å². The highest BCUT2D eigenvalue weighted by atomic mass is 35.5. The van der Waals surface area contributed by atoms with E-state index in [2.05, 4.69) is 11.4 Å². The fourth-order valence-corrected chi connectivity index (χ4v) is 4.44. The topological polar surface area (TPSA) is 65.0 Å². The van der Waals surface area contributed by atoms with E-state index in [0.29, 0.717) is 11.7 Å². The number of nitrogens with zero attached hydrogens (tertiary/aromatic N) is 3. The molecule has 0 aliphatic carbocycles. The van der Waals surface area contributed by atoms with Gasteiger partial charge in [-0.2, -0.15) is 0 Å². The lowest BCUT2D eigenvalue weighted by Crippen LogP contribution is -2.38. The zero-order valence-corrected chi connectivity index (χ0v) is 19.9. The Morgan fingerprint density at radius 3 is 2.39 bits per heavy atom. The van der Waals surface area contributed by atoms with Crippen LogP contribution in [0.4, 0.5) is 11.4 Å². The molecular weight excluding hydrogens is 432 g/mol. The van der Waals surface area contributed by atoms with Gasteiger partial charge in [-0.3, -0.25) is 14.5 Å². The molecule has 8 heteroatoms. The van der Waals surface area contributed by atoms with E-state index in [9.17, 15) is 9.59 Å². The summed E-state index contributed by atoms with van der Waals surface area (Å²) in [6.45, 7) is 5.33. The average Bonchev–Trinajstić information content (AvgIpc) is 2.94. The van der Waals surface area contributed by atoms with Crippen molar-refractivity contribution in [2.24, 2.45) is 4.99 Å². The Labute approximate surface area is 194 Å². The summed E-state index contributed by atoms with van der Waals surface area (Å²) < 4.78 is 0. The number of amidine groups is 1. The molecule has 0 spiro atoms. The summed E-state index contributed by atoms with van der Waals surface area (Å²) in [6.07, 6.45) is 0.114. The number of carbonyl (C=O) groups is 2. The Bertz CT molecular complexity index is 930. The second-order valence-corrected chi connectivity index (χ2v) is 8.93. The minimum atomic E-state index is -0.472. The number of aliphatic imine (C=N–C) groups is 1. The van der Waals surface area contributed by atoms with Gasteiger partial charge in [0.25, 0.3) is 0 Å². The fourth-order valence-electron chi connectivity index (χ4n) is 3.26. The molecule has 0 radical (unpaired) electrons.